The van der Waals surface area contributed by atoms with Gasteiger partial charge < -0.3 is 4.90 Å². The fourth-order valence-corrected chi connectivity index (χ4v) is 2.12. The predicted octanol–water partition coefficient (Wildman–Crippen LogP) is 2.16. The Morgan fingerprint density at radius 1 is 1.43 bits per heavy atom. The minimum Gasteiger partial charge on any atom is -0.301 e. The molecule has 80 valence electrons. The molecule has 2 heterocycles. The first-order chi connectivity index (χ1) is 6.59. The highest BCUT2D eigenvalue weighted by Crippen LogP contribution is 2.30. The Morgan fingerprint density at radius 2 is 2.07 bits per heavy atom. The molecule has 0 saturated carbocycles. The number of nitrogens with zero attached hydrogens (tertiary/aromatic N) is 2. The number of hydrogen-bond acceptors (Lipinski definition) is 2. The summed E-state index contributed by atoms with van der Waals surface area (Å²) in [6.45, 7) is 10.6. The third-order valence-corrected chi connectivity index (χ3v) is 2.50. The Morgan fingerprint density at radius 3 is 2.71 bits per heavy atom. The lowest BCUT2D eigenvalue weighted by Gasteiger charge is -2.35. The lowest BCUT2D eigenvalue weighted by atomic mass is 9.83. The second-order valence-corrected chi connectivity index (χ2v) is 4.33. The summed E-state index contributed by atoms with van der Waals surface area (Å²) in [6, 6.07) is 0. The van der Waals surface area contributed by atoms with Crippen LogP contribution in [0.3, 0.4) is 0 Å². The maximum absolute atomic E-state index is 4.08. The highest BCUT2D eigenvalue weighted by atomic mass is 15.2. The van der Waals surface area contributed by atoms with Gasteiger partial charge in [-0.3, -0.25) is 5.10 Å². The normalized spacial score (nSPS) is 19.5. The van der Waals surface area contributed by atoms with Crippen molar-refractivity contribution in [3.05, 3.63) is 17.5 Å². The van der Waals surface area contributed by atoms with Crippen LogP contribution in [0.4, 0.5) is 0 Å². The van der Waals surface area contributed by atoms with E-state index in [1.54, 1.807) is 0 Å². The average Bonchev–Trinajstić information content (AvgIpc) is 2.54. The zero-order valence-corrected chi connectivity index (χ0v) is 9.89. The molecule has 0 atom stereocenters. The summed E-state index contributed by atoms with van der Waals surface area (Å²) in [5, 5.41) is 7.17. The minimum atomic E-state index is 0.221. The second kappa shape index (κ2) is 4.13. The van der Waals surface area contributed by atoms with E-state index in [2.05, 4.69) is 36.0 Å². The smallest absolute Gasteiger partial charge is 0.0535 e. The van der Waals surface area contributed by atoms with Crippen molar-refractivity contribution in [3.63, 3.8) is 0 Å². The van der Waals surface area contributed by atoms with Crippen LogP contribution in [0.15, 0.2) is 6.20 Å². The van der Waals surface area contributed by atoms with Gasteiger partial charge in [0.05, 0.1) is 6.20 Å². The molecule has 0 bridgehead atoms. The molecule has 0 radical (unpaired) electrons. The second-order valence-electron chi connectivity index (χ2n) is 4.33. The molecular formula is C11H21N3. The molecule has 0 saturated heterocycles. The van der Waals surface area contributed by atoms with E-state index >= 15 is 0 Å². The van der Waals surface area contributed by atoms with Crippen molar-refractivity contribution < 1.29 is 0 Å². The molecule has 0 aliphatic carbocycles. The van der Waals surface area contributed by atoms with Gasteiger partial charge in [0, 0.05) is 29.8 Å². The van der Waals surface area contributed by atoms with Crippen molar-refractivity contribution >= 4 is 0 Å². The highest BCUT2D eigenvalue weighted by Gasteiger charge is 2.31. The quantitative estimate of drug-likeness (QED) is 0.688. The van der Waals surface area contributed by atoms with E-state index in [0.29, 0.717) is 0 Å². The average molecular weight is 195 g/mol. The van der Waals surface area contributed by atoms with E-state index < -0.39 is 0 Å². The van der Waals surface area contributed by atoms with Crippen molar-refractivity contribution in [3.8, 4) is 0 Å². The first-order valence-electron chi connectivity index (χ1n) is 5.31. The number of likely N-dealkylation sites (N-methyl/N-ethyl adjacent to an activating group) is 1. The topological polar surface area (TPSA) is 31.9 Å². The van der Waals surface area contributed by atoms with E-state index in [0.717, 1.165) is 13.1 Å². The zero-order chi connectivity index (χ0) is 10.8. The molecule has 14 heavy (non-hydrogen) atoms. The number of hydrogen-bond donors (Lipinski definition) is 1. The molecule has 0 aromatic carbocycles. The Balaban J connectivity index is 0.000000461. The van der Waals surface area contributed by atoms with Crippen molar-refractivity contribution in [2.45, 2.75) is 39.7 Å². The molecule has 2 rings (SSSR count). The Kier molecular flexibility index (Phi) is 3.32. The van der Waals surface area contributed by atoms with E-state index in [4.69, 9.17) is 0 Å². The number of fused-ring (bicyclic) bond motifs is 1. The van der Waals surface area contributed by atoms with Crippen LogP contribution >= 0.6 is 0 Å². The largest absolute Gasteiger partial charge is 0.301 e. The molecule has 0 amide bonds. The monoisotopic (exact) mass is 195 g/mol. The Labute approximate surface area is 86.5 Å². The van der Waals surface area contributed by atoms with Gasteiger partial charge in [0.15, 0.2) is 0 Å². The van der Waals surface area contributed by atoms with E-state index in [-0.39, 0.29) is 5.41 Å². The van der Waals surface area contributed by atoms with Gasteiger partial charge in [-0.2, -0.15) is 5.10 Å². The highest BCUT2D eigenvalue weighted by molar-refractivity contribution is 5.27. The Hall–Kier alpha value is -0.830. The summed E-state index contributed by atoms with van der Waals surface area (Å²) < 4.78 is 0. The maximum atomic E-state index is 4.08. The first kappa shape index (κ1) is 11.2. The van der Waals surface area contributed by atoms with Gasteiger partial charge in [-0.25, -0.2) is 0 Å². The van der Waals surface area contributed by atoms with Crippen LogP contribution in [0.2, 0.25) is 0 Å². The lowest BCUT2D eigenvalue weighted by molar-refractivity contribution is 0.232. The Bertz CT molecular complexity index is 288. The van der Waals surface area contributed by atoms with Crippen LogP contribution in [0.5, 0.6) is 0 Å². The molecule has 1 aromatic heterocycles. The minimum absolute atomic E-state index is 0.221. The summed E-state index contributed by atoms with van der Waals surface area (Å²) in [6.07, 6.45) is 1.94. The molecule has 3 nitrogen and oxygen atoms in total. The third kappa shape index (κ3) is 1.98. The molecule has 1 aliphatic rings. The molecule has 1 N–H and O–H groups in total. The van der Waals surface area contributed by atoms with E-state index in [9.17, 15) is 0 Å². The van der Waals surface area contributed by atoms with Gasteiger partial charge in [-0.15, -0.1) is 0 Å². The standard InChI is InChI=1S/C9H15N3.C2H6/c1-9(2)6-12(3)5-7-4-10-11-8(7)9;1-2/h4H,5-6H2,1-3H3,(H,10,11);1-2H3. The van der Waals surface area contributed by atoms with Gasteiger partial charge in [0.25, 0.3) is 0 Å². The van der Waals surface area contributed by atoms with Gasteiger partial charge in [-0.1, -0.05) is 27.7 Å². The van der Waals surface area contributed by atoms with Gasteiger partial charge in [0.1, 0.15) is 0 Å². The summed E-state index contributed by atoms with van der Waals surface area (Å²) in [4.78, 5) is 2.33. The number of nitrogens with one attached hydrogen (secondary N) is 1. The number of rotatable bonds is 0. The van der Waals surface area contributed by atoms with Crippen LogP contribution in [-0.2, 0) is 12.0 Å². The number of H-pyrrole nitrogens is 1. The van der Waals surface area contributed by atoms with Crippen molar-refractivity contribution in [1.82, 2.24) is 15.1 Å². The lowest BCUT2D eigenvalue weighted by Crippen LogP contribution is -2.39. The first-order valence-corrected chi connectivity index (χ1v) is 5.31. The van der Waals surface area contributed by atoms with Crippen LogP contribution < -0.4 is 0 Å². The molecule has 3 heteroatoms. The van der Waals surface area contributed by atoms with Crippen molar-refractivity contribution in [2.75, 3.05) is 13.6 Å². The molecule has 0 spiro atoms. The maximum Gasteiger partial charge on any atom is 0.0535 e. The zero-order valence-electron chi connectivity index (χ0n) is 9.89. The fourth-order valence-electron chi connectivity index (χ4n) is 2.12. The van der Waals surface area contributed by atoms with Crippen LogP contribution in [0.25, 0.3) is 0 Å². The van der Waals surface area contributed by atoms with Gasteiger partial charge in [-0.05, 0) is 7.05 Å². The molecule has 0 unspecified atom stereocenters. The molecule has 1 aliphatic heterocycles. The van der Waals surface area contributed by atoms with E-state index in [1.807, 2.05) is 20.0 Å². The molecule has 0 fully saturated rings. The van der Waals surface area contributed by atoms with E-state index in [1.165, 1.54) is 11.3 Å². The molecular weight excluding hydrogens is 174 g/mol. The van der Waals surface area contributed by atoms with Crippen molar-refractivity contribution in [1.29, 1.82) is 0 Å². The summed E-state index contributed by atoms with van der Waals surface area (Å²) in [5.74, 6) is 0. The van der Waals surface area contributed by atoms with Crippen LogP contribution in [-0.4, -0.2) is 28.7 Å². The third-order valence-electron chi connectivity index (χ3n) is 2.50. The van der Waals surface area contributed by atoms with Gasteiger partial charge in [0.2, 0.25) is 0 Å². The van der Waals surface area contributed by atoms with Crippen LogP contribution in [0.1, 0.15) is 39.0 Å². The summed E-state index contributed by atoms with van der Waals surface area (Å²) >= 11 is 0. The SMILES string of the molecule is CC.CN1Cc2cn[nH]c2C(C)(C)C1. The summed E-state index contributed by atoms with van der Waals surface area (Å²) in [5.41, 5.74) is 2.87. The van der Waals surface area contributed by atoms with Crippen molar-refractivity contribution in [2.24, 2.45) is 0 Å². The van der Waals surface area contributed by atoms with Crippen LogP contribution in [0, 0.1) is 0 Å². The fraction of sp³-hybridized carbons (Fsp3) is 0.727. The van der Waals surface area contributed by atoms with Gasteiger partial charge >= 0.3 is 0 Å². The number of aromatic amines is 1. The molecule has 1 aromatic rings. The predicted molar refractivity (Wildman–Crippen MR) is 59.3 cm³/mol. The number of aromatic nitrogens is 2. The summed E-state index contributed by atoms with van der Waals surface area (Å²) in [7, 11) is 2.15.